The number of aliphatic hydroxyl groups excluding tert-OH is 1. The van der Waals surface area contributed by atoms with Crippen LogP contribution in [0.2, 0.25) is 0 Å². The van der Waals surface area contributed by atoms with Crippen LogP contribution in [0.1, 0.15) is 64.5 Å². The molecule has 0 saturated carbocycles. The van der Waals surface area contributed by atoms with Crippen LogP contribution in [0.4, 0.5) is 0 Å². The molecule has 0 aromatic heterocycles. The van der Waals surface area contributed by atoms with Crippen molar-refractivity contribution in [2.24, 2.45) is 28.1 Å². The highest BCUT2D eigenvalue weighted by molar-refractivity contribution is 5.96. The molecule has 2 rings (SSSR count). The molecule has 0 bridgehead atoms. The number of hydrogen-bond donors (Lipinski definition) is 8. The highest BCUT2D eigenvalue weighted by Gasteiger charge is 2.40. The standard InChI is InChI=1S/C29H46N8O7/c1-16(2)15-20(27(42)37-14-8-12-21(37)25(40)35-22(17(3)38)28(43)44)34-26(41)23(18-9-5-4-6-10-18)36-24(39)19(30)11-7-13-33-29(31)32/h4-6,9-10,16-17,19-23,38H,7-8,11-15,30H2,1-3H3,(H,34,41)(H,35,40)(H,36,39)(H,43,44)(H4,31,32,33)/t17-,19+,20+,21+,22+,23-/m1/s1. The van der Waals surface area contributed by atoms with E-state index in [1.54, 1.807) is 30.3 Å². The van der Waals surface area contributed by atoms with Crippen LogP contribution >= 0.6 is 0 Å². The summed E-state index contributed by atoms with van der Waals surface area (Å²) in [7, 11) is 0. The van der Waals surface area contributed by atoms with E-state index in [0.717, 1.165) is 0 Å². The van der Waals surface area contributed by atoms with E-state index in [-0.39, 0.29) is 44.2 Å². The first-order valence-electron chi connectivity index (χ1n) is 14.7. The van der Waals surface area contributed by atoms with Gasteiger partial charge in [-0.3, -0.25) is 24.2 Å². The number of nitrogens with two attached hydrogens (primary N) is 3. The van der Waals surface area contributed by atoms with Crippen molar-refractivity contribution in [3.63, 3.8) is 0 Å². The lowest BCUT2D eigenvalue weighted by molar-refractivity contribution is -0.147. The van der Waals surface area contributed by atoms with Crippen LogP contribution in [0.5, 0.6) is 0 Å². The van der Waals surface area contributed by atoms with Crippen LogP contribution < -0.4 is 33.2 Å². The van der Waals surface area contributed by atoms with Crippen LogP contribution in [0.15, 0.2) is 35.3 Å². The van der Waals surface area contributed by atoms with E-state index >= 15 is 0 Å². The van der Waals surface area contributed by atoms with Crippen LogP contribution in [0.3, 0.4) is 0 Å². The largest absolute Gasteiger partial charge is 0.480 e. The molecule has 0 unspecified atom stereocenters. The Hall–Kier alpha value is -4.24. The Morgan fingerprint density at radius 2 is 1.68 bits per heavy atom. The molecule has 44 heavy (non-hydrogen) atoms. The first kappa shape index (κ1) is 36.0. The summed E-state index contributed by atoms with van der Waals surface area (Å²) in [5, 5.41) is 26.9. The number of nitrogens with zero attached hydrogens (tertiary/aromatic N) is 2. The molecule has 1 aliphatic heterocycles. The van der Waals surface area contributed by atoms with Gasteiger partial charge in [-0.2, -0.15) is 0 Å². The van der Waals surface area contributed by atoms with Crippen LogP contribution in [0.25, 0.3) is 0 Å². The fourth-order valence-corrected chi connectivity index (χ4v) is 4.93. The van der Waals surface area contributed by atoms with Crippen molar-refractivity contribution in [1.29, 1.82) is 0 Å². The number of aliphatic carboxylic acids is 1. The Labute approximate surface area is 257 Å². The van der Waals surface area contributed by atoms with Crippen LogP contribution in [-0.4, -0.2) is 94.0 Å². The Morgan fingerprint density at radius 3 is 2.25 bits per heavy atom. The van der Waals surface area contributed by atoms with Gasteiger partial charge in [-0.25, -0.2) is 4.79 Å². The summed E-state index contributed by atoms with van der Waals surface area (Å²) >= 11 is 0. The lowest BCUT2D eigenvalue weighted by atomic mass is 10.00. The molecule has 1 fully saturated rings. The molecule has 0 radical (unpaired) electrons. The van der Waals surface area contributed by atoms with E-state index in [1.807, 2.05) is 13.8 Å². The van der Waals surface area contributed by atoms with Gasteiger partial charge in [0.1, 0.15) is 18.1 Å². The maximum atomic E-state index is 13.8. The second-order valence-electron chi connectivity index (χ2n) is 11.4. The SMILES string of the molecule is CC(C)C[C@H](NC(=O)[C@H](NC(=O)[C@@H](N)CCCN=C(N)N)c1ccccc1)C(=O)N1CCC[C@H]1C(=O)N[C@H](C(=O)O)[C@@H](C)O. The first-order chi connectivity index (χ1) is 20.7. The maximum absolute atomic E-state index is 13.8. The topological polar surface area (TPSA) is 256 Å². The maximum Gasteiger partial charge on any atom is 0.328 e. The average Bonchev–Trinajstić information content (AvgIpc) is 3.45. The molecule has 1 aliphatic rings. The summed E-state index contributed by atoms with van der Waals surface area (Å²) in [5.74, 6) is -3.94. The second kappa shape index (κ2) is 17.2. The predicted molar refractivity (Wildman–Crippen MR) is 163 cm³/mol. The van der Waals surface area contributed by atoms with Crippen molar-refractivity contribution < 1.29 is 34.2 Å². The molecule has 6 atom stereocenters. The van der Waals surface area contributed by atoms with E-state index in [1.165, 1.54) is 11.8 Å². The predicted octanol–water partition coefficient (Wildman–Crippen LogP) is -1.30. The van der Waals surface area contributed by atoms with Gasteiger partial charge in [-0.05, 0) is 50.5 Å². The molecule has 11 N–H and O–H groups in total. The number of aliphatic hydroxyl groups is 1. The first-order valence-corrected chi connectivity index (χ1v) is 14.7. The van der Waals surface area contributed by atoms with Crippen molar-refractivity contribution in [2.45, 2.75) is 89.2 Å². The Bertz CT molecular complexity index is 1170. The normalized spacial score (nSPS) is 18.0. The average molecular weight is 619 g/mol. The van der Waals surface area contributed by atoms with Crippen LogP contribution in [0, 0.1) is 5.92 Å². The van der Waals surface area contributed by atoms with Gasteiger partial charge in [0, 0.05) is 13.1 Å². The third-order valence-corrected chi connectivity index (χ3v) is 7.19. The molecule has 0 aliphatic carbocycles. The van der Waals surface area contributed by atoms with Gasteiger partial charge in [0.25, 0.3) is 0 Å². The van der Waals surface area contributed by atoms with Crippen molar-refractivity contribution in [3.8, 4) is 0 Å². The molecule has 0 spiro atoms. The van der Waals surface area contributed by atoms with Gasteiger partial charge in [-0.15, -0.1) is 0 Å². The molecule has 1 saturated heterocycles. The van der Waals surface area contributed by atoms with E-state index in [4.69, 9.17) is 17.2 Å². The van der Waals surface area contributed by atoms with Crippen molar-refractivity contribution in [1.82, 2.24) is 20.9 Å². The van der Waals surface area contributed by atoms with E-state index in [2.05, 4.69) is 20.9 Å². The monoisotopic (exact) mass is 618 g/mol. The molecular weight excluding hydrogens is 572 g/mol. The fraction of sp³-hybridized carbons (Fsp3) is 0.586. The molecule has 244 valence electrons. The molecule has 4 amide bonds. The number of nitrogens with one attached hydrogen (secondary N) is 3. The number of amides is 4. The minimum Gasteiger partial charge on any atom is -0.480 e. The summed E-state index contributed by atoms with van der Waals surface area (Å²) in [4.78, 5) is 70.2. The van der Waals surface area contributed by atoms with Gasteiger partial charge in [0.05, 0.1) is 12.1 Å². The summed E-state index contributed by atoms with van der Waals surface area (Å²) in [6, 6.07) is 2.82. The van der Waals surface area contributed by atoms with Gasteiger partial charge in [-0.1, -0.05) is 44.2 Å². The van der Waals surface area contributed by atoms with E-state index in [0.29, 0.717) is 18.4 Å². The number of rotatable bonds is 16. The van der Waals surface area contributed by atoms with Crippen LogP contribution in [-0.2, 0) is 24.0 Å². The lowest BCUT2D eigenvalue weighted by Gasteiger charge is -2.31. The van der Waals surface area contributed by atoms with Gasteiger partial charge in [0.2, 0.25) is 23.6 Å². The zero-order valence-electron chi connectivity index (χ0n) is 25.4. The zero-order valence-corrected chi connectivity index (χ0v) is 25.4. The number of carbonyl (C=O) groups is 5. The molecule has 1 aromatic carbocycles. The van der Waals surface area contributed by atoms with Crippen molar-refractivity contribution >= 4 is 35.6 Å². The van der Waals surface area contributed by atoms with Gasteiger partial charge in [0.15, 0.2) is 12.0 Å². The zero-order chi connectivity index (χ0) is 33.0. The van der Waals surface area contributed by atoms with Crippen molar-refractivity contribution in [3.05, 3.63) is 35.9 Å². The highest BCUT2D eigenvalue weighted by Crippen LogP contribution is 2.22. The second-order valence-corrected chi connectivity index (χ2v) is 11.4. The number of benzene rings is 1. The molecule has 1 heterocycles. The summed E-state index contributed by atoms with van der Waals surface area (Å²) in [6.07, 6.45) is 0.357. The van der Waals surface area contributed by atoms with Gasteiger partial charge < -0.3 is 48.3 Å². The third kappa shape index (κ3) is 10.8. The molecule has 15 heteroatoms. The lowest BCUT2D eigenvalue weighted by Crippen LogP contribution is -2.58. The van der Waals surface area contributed by atoms with Gasteiger partial charge >= 0.3 is 5.97 Å². The van der Waals surface area contributed by atoms with Crippen molar-refractivity contribution in [2.75, 3.05) is 13.1 Å². The number of guanidine groups is 1. The minimum absolute atomic E-state index is 0.0332. The Morgan fingerprint density at radius 1 is 1.02 bits per heavy atom. The number of carboxylic acids is 1. The Balaban J connectivity index is 2.24. The van der Waals surface area contributed by atoms with E-state index < -0.39 is 65.9 Å². The molecule has 15 nitrogen and oxygen atoms in total. The Kier molecular flexibility index (Phi) is 14.0. The fourth-order valence-electron chi connectivity index (χ4n) is 4.93. The quantitative estimate of drug-likeness (QED) is 0.0617. The number of carbonyl (C=O) groups excluding carboxylic acids is 4. The number of likely N-dealkylation sites (tertiary alicyclic amines) is 1. The van der Waals surface area contributed by atoms with E-state index in [9.17, 15) is 34.2 Å². The number of carboxylic acid groups (broad SMARTS) is 1. The third-order valence-electron chi connectivity index (χ3n) is 7.19. The summed E-state index contributed by atoms with van der Waals surface area (Å²) in [5.41, 5.74) is 17.2. The minimum atomic E-state index is -1.54. The molecule has 1 aromatic rings. The summed E-state index contributed by atoms with van der Waals surface area (Å²) in [6.45, 7) is 5.50. The number of aliphatic imine (C=N–C) groups is 1. The number of hydrogen-bond acceptors (Lipinski definition) is 8. The highest BCUT2D eigenvalue weighted by atomic mass is 16.4. The molecular formula is C29H46N8O7. The summed E-state index contributed by atoms with van der Waals surface area (Å²) < 4.78 is 0. The smallest absolute Gasteiger partial charge is 0.328 e.